The van der Waals surface area contributed by atoms with Crippen LogP contribution in [0.1, 0.15) is 51.2 Å². The highest BCUT2D eigenvalue weighted by Gasteiger charge is 2.38. The number of allylic oxidation sites excluding steroid dienone is 1. The number of carbonyl (C=O) groups is 1. The molecule has 4 heterocycles. The molecule has 178 valence electrons. The molecule has 6 nitrogen and oxygen atoms in total. The van der Waals surface area contributed by atoms with Gasteiger partial charge in [0, 0.05) is 47.7 Å². The zero-order chi connectivity index (χ0) is 23.9. The van der Waals surface area contributed by atoms with E-state index in [1.54, 1.807) is 6.07 Å². The number of carbonyl (C=O) groups excluding carboxylic acids is 1. The first-order valence-electron chi connectivity index (χ1n) is 12.0. The van der Waals surface area contributed by atoms with Gasteiger partial charge in [0.25, 0.3) is 5.91 Å². The number of anilines is 2. The zero-order valence-electron chi connectivity index (χ0n) is 20.0. The van der Waals surface area contributed by atoms with Crippen LogP contribution in [-0.2, 0) is 9.53 Å². The summed E-state index contributed by atoms with van der Waals surface area (Å²) in [5.41, 5.74) is 2.67. The number of pyridine rings is 1. The Bertz CT molecular complexity index is 1170. The molecule has 1 saturated heterocycles. The second-order valence-corrected chi connectivity index (χ2v) is 9.79. The van der Waals surface area contributed by atoms with Gasteiger partial charge in [0.2, 0.25) is 0 Å². The molecule has 2 N–H and O–H groups in total. The van der Waals surface area contributed by atoms with E-state index < -0.39 is 11.4 Å². The lowest BCUT2D eigenvalue weighted by molar-refractivity contribution is -0.111. The minimum atomic E-state index is -0.653. The average Bonchev–Trinajstić information content (AvgIpc) is 3.29. The summed E-state index contributed by atoms with van der Waals surface area (Å²) in [6.45, 7) is 9.26. The molecule has 0 spiro atoms. The molecule has 0 radical (unpaired) electrons. The Morgan fingerprint density at radius 1 is 1.26 bits per heavy atom. The lowest BCUT2D eigenvalue weighted by Gasteiger charge is -2.33. The van der Waals surface area contributed by atoms with Crippen LogP contribution in [0.2, 0.25) is 0 Å². The maximum Gasteiger partial charge on any atom is 0.260 e. The fourth-order valence-corrected chi connectivity index (χ4v) is 5.08. The largest absolute Gasteiger partial charge is 0.482 e. The van der Waals surface area contributed by atoms with Crippen molar-refractivity contribution in [3.8, 4) is 0 Å². The van der Waals surface area contributed by atoms with Crippen LogP contribution in [-0.4, -0.2) is 47.1 Å². The molecular weight excluding hydrogens is 431 g/mol. The average molecular weight is 463 g/mol. The van der Waals surface area contributed by atoms with Crippen molar-refractivity contribution < 1.29 is 13.9 Å². The number of amides is 1. The maximum atomic E-state index is 13.9. The molecule has 5 rings (SSSR count). The van der Waals surface area contributed by atoms with Crippen LogP contribution >= 0.6 is 0 Å². The number of nitrogens with zero attached hydrogens (tertiary/aromatic N) is 2. The van der Waals surface area contributed by atoms with E-state index >= 15 is 0 Å². The number of fused-ring (bicyclic) bond motifs is 1. The van der Waals surface area contributed by atoms with Gasteiger partial charge in [-0.1, -0.05) is 6.42 Å². The lowest BCUT2D eigenvalue weighted by atomic mass is 9.93. The summed E-state index contributed by atoms with van der Waals surface area (Å²) in [6, 6.07) is 8.92. The van der Waals surface area contributed by atoms with E-state index in [-0.39, 0.29) is 5.91 Å². The molecule has 2 aromatic rings. The number of benzene rings is 1. The molecular formula is C27H31FN4O2. The summed E-state index contributed by atoms with van der Waals surface area (Å²) < 4.78 is 20.1. The van der Waals surface area contributed by atoms with E-state index in [1.807, 2.05) is 38.3 Å². The third kappa shape index (κ3) is 4.32. The topological polar surface area (TPSA) is 66.5 Å². The van der Waals surface area contributed by atoms with Gasteiger partial charge in [-0.2, -0.15) is 0 Å². The maximum absolute atomic E-state index is 13.9. The highest BCUT2D eigenvalue weighted by Crippen LogP contribution is 2.44. The van der Waals surface area contributed by atoms with Crippen molar-refractivity contribution in [2.24, 2.45) is 0 Å². The van der Waals surface area contributed by atoms with Crippen LogP contribution in [0.15, 0.2) is 48.4 Å². The number of rotatable bonds is 5. The van der Waals surface area contributed by atoms with Crippen molar-refractivity contribution in [3.05, 3.63) is 65.3 Å². The van der Waals surface area contributed by atoms with Crippen LogP contribution in [0, 0.1) is 5.82 Å². The Morgan fingerprint density at radius 2 is 2.12 bits per heavy atom. The predicted octanol–water partition coefficient (Wildman–Crippen LogP) is 5.06. The molecule has 0 bridgehead atoms. The van der Waals surface area contributed by atoms with Gasteiger partial charge in [-0.15, -0.1) is 0 Å². The number of likely N-dealkylation sites (tertiary alicyclic amines) is 1. The van der Waals surface area contributed by atoms with Crippen LogP contribution in [0.25, 0.3) is 11.1 Å². The van der Waals surface area contributed by atoms with Crippen molar-refractivity contribution in [2.45, 2.75) is 51.7 Å². The van der Waals surface area contributed by atoms with Gasteiger partial charge < -0.3 is 15.4 Å². The molecule has 7 heteroatoms. The molecule has 1 unspecified atom stereocenters. The Labute approximate surface area is 199 Å². The molecule has 3 aliphatic rings. The fraction of sp³-hybridized carbons (Fsp3) is 0.407. The summed E-state index contributed by atoms with van der Waals surface area (Å²) in [7, 11) is 0. The van der Waals surface area contributed by atoms with E-state index in [2.05, 4.69) is 27.4 Å². The first-order chi connectivity index (χ1) is 16.3. The Balaban J connectivity index is 1.33. The van der Waals surface area contributed by atoms with E-state index in [0.717, 1.165) is 30.0 Å². The van der Waals surface area contributed by atoms with Gasteiger partial charge in [-0.25, -0.2) is 9.37 Å². The summed E-state index contributed by atoms with van der Waals surface area (Å²) in [4.78, 5) is 19.8. The number of aromatic nitrogens is 1. The molecule has 1 fully saturated rings. The minimum Gasteiger partial charge on any atom is -0.482 e. The molecule has 1 atom stereocenters. The smallest absolute Gasteiger partial charge is 0.260 e. The molecule has 0 saturated carbocycles. The van der Waals surface area contributed by atoms with E-state index in [9.17, 15) is 9.18 Å². The van der Waals surface area contributed by atoms with Gasteiger partial charge in [0.1, 0.15) is 23.0 Å². The van der Waals surface area contributed by atoms with E-state index in [4.69, 9.17) is 4.74 Å². The van der Waals surface area contributed by atoms with Crippen molar-refractivity contribution in [2.75, 3.05) is 30.3 Å². The predicted molar refractivity (Wildman–Crippen MR) is 133 cm³/mol. The second-order valence-electron chi connectivity index (χ2n) is 9.79. The quantitative estimate of drug-likeness (QED) is 0.608. The number of hydrogen-bond donors (Lipinski definition) is 2. The highest BCUT2D eigenvalue weighted by atomic mass is 19.1. The van der Waals surface area contributed by atoms with Crippen LogP contribution in [0.3, 0.4) is 0 Å². The van der Waals surface area contributed by atoms with Gasteiger partial charge in [-0.05, 0) is 76.6 Å². The third-order valence-electron chi connectivity index (χ3n) is 6.98. The Hall–Kier alpha value is -3.19. The van der Waals surface area contributed by atoms with Crippen molar-refractivity contribution in [1.82, 2.24) is 9.88 Å². The Morgan fingerprint density at radius 3 is 2.88 bits per heavy atom. The molecule has 0 aliphatic carbocycles. The fourth-order valence-electron chi connectivity index (χ4n) is 5.08. The zero-order valence-corrected chi connectivity index (χ0v) is 20.0. The van der Waals surface area contributed by atoms with Crippen molar-refractivity contribution in [1.29, 1.82) is 0 Å². The summed E-state index contributed by atoms with van der Waals surface area (Å²) >= 11 is 0. The molecule has 34 heavy (non-hydrogen) atoms. The molecule has 1 aromatic carbocycles. The van der Waals surface area contributed by atoms with Crippen molar-refractivity contribution in [3.63, 3.8) is 0 Å². The normalized spacial score (nSPS) is 23.8. The van der Waals surface area contributed by atoms with Gasteiger partial charge >= 0.3 is 0 Å². The minimum absolute atomic E-state index is 0.287. The summed E-state index contributed by atoms with van der Waals surface area (Å²) in [6.07, 6.45) is 7.59. The monoisotopic (exact) mass is 462 g/mol. The highest BCUT2D eigenvalue weighted by molar-refractivity contribution is 6.32. The number of halogens is 1. The number of hydrogen-bond acceptors (Lipinski definition) is 5. The van der Waals surface area contributed by atoms with Crippen molar-refractivity contribution >= 4 is 28.6 Å². The number of nitrogens with one attached hydrogen (secondary N) is 2. The first kappa shape index (κ1) is 22.6. The van der Waals surface area contributed by atoms with E-state index in [0.29, 0.717) is 28.6 Å². The standard InChI is InChI=1S/C27H31FN4O2/c1-17-6-4-5-12-32(17)13-11-29-24-10-7-18(16-30-24)21-15-23(34-27(21,2)3)25-20-14-19(28)8-9-22(20)31-26(25)33/h7-10,14-17H,4-6,11-13H2,1-3H3,(H,29,30)(H,31,33)/b25-23+. The SMILES string of the molecule is CC1CCCCN1CCNc1ccc(C2=C/C(=C3\C(=O)Nc4ccc(F)cc43)OC2(C)C)cn1. The van der Waals surface area contributed by atoms with Crippen LogP contribution in [0.5, 0.6) is 0 Å². The first-order valence-corrected chi connectivity index (χ1v) is 12.0. The number of ether oxygens (including phenoxy) is 1. The van der Waals surface area contributed by atoms with Crippen LogP contribution < -0.4 is 10.6 Å². The second kappa shape index (κ2) is 8.87. The third-order valence-corrected chi connectivity index (χ3v) is 6.98. The summed E-state index contributed by atoms with van der Waals surface area (Å²) in [5.74, 6) is 0.602. The van der Waals surface area contributed by atoms with Gasteiger partial charge in [-0.3, -0.25) is 9.69 Å². The summed E-state index contributed by atoms with van der Waals surface area (Å²) in [5, 5.41) is 6.22. The molecule has 1 aromatic heterocycles. The Kier molecular flexibility index (Phi) is 5.90. The van der Waals surface area contributed by atoms with Crippen LogP contribution in [0.4, 0.5) is 15.9 Å². The van der Waals surface area contributed by atoms with E-state index in [1.165, 1.54) is 37.9 Å². The molecule has 3 aliphatic heterocycles. The lowest BCUT2D eigenvalue weighted by Crippen LogP contribution is -2.40. The number of piperidine rings is 1. The molecule has 1 amide bonds. The van der Waals surface area contributed by atoms with Gasteiger partial charge in [0.05, 0.1) is 5.57 Å². The van der Waals surface area contributed by atoms with Gasteiger partial charge in [0.15, 0.2) is 0 Å².